The minimum atomic E-state index is 0.764. The number of para-hydroxylation sites is 2. The fourth-order valence-corrected chi connectivity index (χ4v) is 6.38. The Labute approximate surface area is 234 Å². The lowest BCUT2D eigenvalue weighted by Gasteiger charge is -2.07. The van der Waals surface area contributed by atoms with Crippen LogP contribution >= 0.6 is 0 Å². The van der Waals surface area contributed by atoms with E-state index in [-0.39, 0.29) is 0 Å². The maximum atomic E-state index is 11.7. The van der Waals surface area contributed by atoms with Gasteiger partial charge in [0, 0.05) is 43.7 Å². The Balaban J connectivity index is 0.949. The van der Waals surface area contributed by atoms with E-state index in [1.165, 1.54) is 62.5 Å². The Kier molecular flexibility index (Phi) is 7.76. The van der Waals surface area contributed by atoms with Crippen LogP contribution in [0.4, 0.5) is 0 Å². The van der Waals surface area contributed by atoms with Gasteiger partial charge in [0.1, 0.15) is 0 Å². The molecule has 2 aromatic heterocycles. The summed E-state index contributed by atoms with van der Waals surface area (Å²) in [5, 5.41) is 4.39. The number of nitrogens with one attached hydrogen (secondary N) is 2. The molecule has 0 amide bonds. The Morgan fingerprint density at radius 3 is 1.30 bits per heavy atom. The van der Waals surface area contributed by atoms with Gasteiger partial charge in [-0.1, -0.05) is 99.2 Å². The minimum Gasteiger partial charge on any atom is -0.354 e. The van der Waals surface area contributed by atoms with Crippen LogP contribution in [0.25, 0.3) is 43.6 Å². The number of unbranched alkanes of at least 4 members (excludes halogenated alkanes) is 7. The summed E-state index contributed by atoms with van der Waals surface area (Å²) in [6.07, 6.45) is 13.9. The van der Waals surface area contributed by atoms with Gasteiger partial charge in [-0.25, -0.2) is 0 Å². The lowest BCUT2D eigenvalue weighted by Crippen LogP contribution is -1.92. The molecule has 0 aliphatic carbocycles. The third kappa shape index (κ3) is 5.06. The monoisotopic (exact) mass is 528 g/mol. The molecule has 0 unspecified atom stereocenters. The largest absolute Gasteiger partial charge is 0.354 e. The molecule has 2 heterocycles. The van der Waals surface area contributed by atoms with Gasteiger partial charge in [0.25, 0.3) is 0 Å². The Bertz CT molecular complexity index is 1670. The van der Waals surface area contributed by atoms with Gasteiger partial charge in [-0.3, -0.25) is 9.59 Å². The van der Waals surface area contributed by atoms with Crippen LogP contribution < -0.4 is 0 Å². The summed E-state index contributed by atoms with van der Waals surface area (Å²) in [6, 6.07) is 24.7. The summed E-state index contributed by atoms with van der Waals surface area (Å²) >= 11 is 0. The maximum absolute atomic E-state index is 11.7. The van der Waals surface area contributed by atoms with Crippen molar-refractivity contribution in [1.82, 2.24) is 9.97 Å². The predicted octanol–water partition coefficient (Wildman–Crippen LogP) is 9.49. The summed E-state index contributed by atoms with van der Waals surface area (Å²) in [7, 11) is 0. The van der Waals surface area contributed by atoms with E-state index in [0.29, 0.717) is 0 Å². The maximum Gasteiger partial charge on any atom is 0.150 e. The highest BCUT2D eigenvalue weighted by molar-refractivity contribution is 6.15. The van der Waals surface area contributed by atoms with Crippen molar-refractivity contribution < 1.29 is 9.59 Å². The highest BCUT2D eigenvalue weighted by Crippen LogP contribution is 2.32. The van der Waals surface area contributed by atoms with Gasteiger partial charge in [-0.15, -0.1) is 0 Å². The number of carbonyl (C=O) groups excluding carboxylic acids is 2. The molecule has 4 aromatic carbocycles. The van der Waals surface area contributed by atoms with Gasteiger partial charge in [-0.05, 0) is 48.9 Å². The lowest BCUT2D eigenvalue weighted by molar-refractivity contribution is 0.111. The fourth-order valence-electron chi connectivity index (χ4n) is 6.38. The van der Waals surface area contributed by atoms with E-state index >= 15 is 0 Å². The van der Waals surface area contributed by atoms with E-state index in [1.54, 1.807) is 0 Å². The van der Waals surface area contributed by atoms with Crippen LogP contribution in [0.15, 0.2) is 72.8 Å². The first-order valence-electron chi connectivity index (χ1n) is 14.7. The minimum absolute atomic E-state index is 0.764. The van der Waals surface area contributed by atoms with Gasteiger partial charge in [0.05, 0.1) is 11.0 Å². The summed E-state index contributed by atoms with van der Waals surface area (Å²) in [5.41, 5.74) is 8.57. The molecule has 0 radical (unpaired) electrons. The normalized spacial score (nSPS) is 11.7. The molecule has 0 saturated carbocycles. The van der Waals surface area contributed by atoms with Crippen LogP contribution in [-0.4, -0.2) is 22.5 Å². The van der Waals surface area contributed by atoms with Crippen LogP contribution in [-0.2, 0) is 12.8 Å². The fraction of sp³-hybridized carbons (Fsp3) is 0.278. The van der Waals surface area contributed by atoms with Crippen LogP contribution in [0.2, 0.25) is 0 Å². The van der Waals surface area contributed by atoms with Crippen molar-refractivity contribution in [1.29, 1.82) is 0 Å². The van der Waals surface area contributed by atoms with E-state index < -0.39 is 0 Å². The second kappa shape index (κ2) is 11.9. The molecule has 0 bridgehead atoms. The van der Waals surface area contributed by atoms with E-state index in [1.807, 2.05) is 36.4 Å². The van der Waals surface area contributed by atoms with Crippen molar-refractivity contribution >= 4 is 56.2 Å². The second-order valence-corrected chi connectivity index (χ2v) is 11.0. The van der Waals surface area contributed by atoms with E-state index in [4.69, 9.17) is 0 Å². The molecule has 6 rings (SSSR count). The number of hydrogen-bond donors (Lipinski definition) is 2. The topological polar surface area (TPSA) is 65.7 Å². The summed E-state index contributed by atoms with van der Waals surface area (Å²) in [5.74, 6) is 0. The molecule has 2 N–H and O–H groups in total. The average molecular weight is 529 g/mol. The zero-order chi connectivity index (χ0) is 27.3. The van der Waals surface area contributed by atoms with Gasteiger partial charge in [0.2, 0.25) is 0 Å². The number of benzene rings is 4. The highest BCUT2D eigenvalue weighted by atomic mass is 16.1. The quantitative estimate of drug-likeness (QED) is 0.116. The van der Waals surface area contributed by atoms with E-state index in [0.717, 1.165) is 80.2 Å². The second-order valence-electron chi connectivity index (χ2n) is 11.0. The summed E-state index contributed by atoms with van der Waals surface area (Å²) < 4.78 is 0. The molecule has 0 aliphatic heterocycles. The Morgan fingerprint density at radius 2 is 0.875 bits per heavy atom. The first-order valence-corrected chi connectivity index (χ1v) is 14.7. The molecular formula is C36H36N2O2. The van der Waals surface area contributed by atoms with Gasteiger partial charge >= 0.3 is 0 Å². The number of fused-ring (bicyclic) bond motifs is 6. The Morgan fingerprint density at radius 1 is 0.475 bits per heavy atom. The number of aromatic nitrogens is 2. The van der Waals surface area contributed by atoms with Gasteiger partial charge in [-0.2, -0.15) is 0 Å². The standard InChI is InChI=1S/C36H36N2O2/c39-23-27-21-19-25(35-33(27)29-15-9-11-17-31(29)37-35)13-7-5-3-1-2-4-6-8-14-26-20-22-28(24-40)34-30-16-10-12-18-32(30)38-36(26)34/h9-12,15-24,37-38H,1-8,13-14H2. The third-order valence-corrected chi connectivity index (χ3v) is 8.46. The van der Waals surface area contributed by atoms with Crippen molar-refractivity contribution in [3.8, 4) is 0 Å². The lowest BCUT2D eigenvalue weighted by atomic mass is 9.98. The Hall–Kier alpha value is -4.18. The molecular weight excluding hydrogens is 492 g/mol. The molecule has 40 heavy (non-hydrogen) atoms. The summed E-state index contributed by atoms with van der Waals surface area (Å²) in [6.45, 7) is 0. The zero-order valence-corrected chi connectivity index (χ0v) is 23.0. The van der Waals surface area contributed by atoms with Crippen LogP contribution in [0.5, 0.6) is 0 Å². The molecule has 6 aromatic rings. The molecule has 0 saturated heterocycles. The number of aryl methyl sites for hydroxylation is 2. The van der Waals surface area contributed by atoms with Crippen LogP contribution in [0, 0.1) is 0 Å². The number of hydrogen-bond acceptors (Lipinski definition) is 2. The number of rotatable bonds is 13. The molecule has 4 nitrogen and oxygen atoms in total. The van der Waals surface area contributed by atoms with Crippen molar-refractivity contribution in [2.45, 2.75) is 64.2 Å². The smallest absolute Gasteiger partial charge is 0.150 e. The van der Waals surface area contributed by atoms with Crippen molar-refractivity contribution in [2.24, 2.45) is 0 Å². The first-order chi connectivity index (χ1) is 19.8. The van der Waals surface area contributed by atoms with E-state index in [2.05, 4.69) is 46.4 Å². The number of H-pyrrole nitrogens is 2. The summed E-state index contributed by atoms with van der Waals surface area (Å²) in [4.78, 5) is 30.4. The molecule has 0 spiro atoms. The van der Waals surface area contributed by atoms with Crippen molar-refractivity contribution in [2.75, 3.05) is 0 Å². The molecule has 202 valence electrons. The van der Waals surface area contributed by atoms with Gasteiger partial charge < -0.3 is 9.97 Å². The zero-order valence-electron chi connectivity index (χ0n) is 23.0. The average Bonchev–Trinajstić information content (AvgIpc) is 3.58. The number of carbonyl (C=O) groups is 2. The highest BCUT2D eigenvalue weighted by Gasteiger charge is 2.13. The van der Waals surface area contributed by atoms with E-state index in [9.17, 15) is 9.59 Å². The third-order valence-electron chi connectivity index (χ3n) is 8.46. The molecule has 0 aliphatic rings. The predicted molar refractivity (Wildman–Crippen MR) is 167 cm³/mol. The first kappa shape index (κ1) is 26.1. The molecule has 0 atom stereocenters. The van der Waals surface area contributed by atoms with Crippen molar-refractivity contribution in [3.63, 3.8) is 0 Å². The van der Waals surface area contributed by atoms with Crippen LogP contribution in [0.1, 0.15) is 83.2 Å². The SMILES string of the molecule is O=Cc1ccc(CCCCCCCCCCc2ccc(C=O)c3c2[nH]c2ccccc23)c2[nH]c3ccccc3c12. The molecule has 0 fully saturated rings. The number of aldehydes is 2. The van der Waals surface area contributed by atoms with Crippen molar-refractivity contribution in [3.05, 3.63) is 95.1 Å². The number of aromatic amines is 2. The van der Waals surface area contributed by atoms with Gasteiger partial charge in [0.15, 0.2) is 12.6 Å². The van der Waals surface area contributed by atoms with Crippen LogP contribution in [0.3, 0.4) is 0 Å². The molecule has 4 heteroatoms.